The lowest BCUT2D eigenvalue weighted by Gasteiger charge is -2.12. The van der Waals surface area contributed by atoms with Crippen LogP contribution in [0.4, 0.5) is 11.5 Å². The van der Waals surface area contributed by atoms with Crippen molar-refractivity contribution < 1.29 is 4.74 Å². The van der Waals surface area contributed by atoms with Crippen LogP contribution in [-0.2, 0) is 4.74 Å². The van der Waals surface area contributed by atoms with Crippen molar-refractivity contribution in [3.8, 4) is 0 Å². The molecular formula is C12H21BrN4O. The van der Waals surface area contributed by atoms with E-state index in [0.717, 1.165) is 35.6 Å². The maximum atomic E-state index is 5.76. The highest BCUT2D eigenvalue weighted by Gasteiger charge is 2.06. The predicted molar refractivity (Wildman–Crippen MR) is 78.9 cm³/mol. The van der Waals surface area contributed by atoms with E-state index >= 15 is 0 Å². The molecule has 1 aromatic heterocycles. The van der Waals surface area contributed by atoms with Gasteiger partial charge >= 0.3 is 0 Å². The van der Waals surface area contributed by atoms with Crippen LogP contribution in [0.25, 0.3) is 0 Å². The van der Waals surface area contributed by atoms with E-state index in [0.29, 0.717) is 12.3 Å². The normalized spacial score (nSPS) is 10.9. The number of anilines is 2. The van der Waals surface area contributed by atoms with Crippen LogP contribution in [0.3, 0.4) is 0 Å². The van der Waals surface area contributed by atoms with Crippen molar-refractivity contribution in [2.75, 3.05) is 51.4 Å². The minimum atomic E-state index is 0.658. The Kier molecular flexibility index (Phi) is 6.38. The number of hydrogen-bond acceptors (Lipinski definition) is 5. The van der Waals surface area contributed by atoms with E-state index in [1.165, 1.54) is 0 Å². The molecule has 3 N–H and O–H groups in total. The number of nitrogen functional groups attached to an aromatic ring is 1. The van der Waals surface area contributed by atoms with Crippen molar-refractivity contribution >= 4 is 27.4 Å². The third kappa shape index (κ3) is 4.80. The largest absolute Gasteiger partial charge is 0.397 e. The molecule has 0 aliphatic heterocycles. The molecule has 0 amide bonds. The number of nitrogens with one attached hydrogen (secondary N) is 1. The fourth-order valence-corrected chi connectivity index (χ4v) is 1.78. The van der Waals surface area contributed by atoms with E-state index in [4.69, 9.17) is 10.5 Å². The van der Waals surface area contributed by atoms with Crippen LogP contribution in [0.15, 0.2) is 10.7 Å². The maximum Gasteiger partial charge on any atom is 0.140 e. The van der Waals surface area contributed by atoms with Crippen LogP contribution in [-0.4, -0.2) is 50.3 Å². The number of rotatable bonds is 7. The topological polar surface area (TPSA) is 63.4 Å². The van der Waals surface area contributed by atoms with Gasteiger partial charge in [0.1, 0.15) is 5.82 Å². The molecule has 1 aromatic rings. The number of nitrogens with zero attached hydrogens (tertiary/aromatic N) is 2. The van der Waals surface area contributed by atoms with Gasteiger partial charge in [0, 0.05) is 13.1 Å². The lowest BCUT2D eigenvalue weighted by molar-refractivity contribution is 0.126. The summed E-state index contributed by atoms with van der Waals surface area (Å²) in [7, 11) is 4.06. The summed E-state index contributed by atoms with van der Waals surface area (Å²) < 4.78 is 6.40. The molecule has 0 atom stereocenters. The van der Waals surface area contributed by atoms with Gasteiger partial charge in [0.15, 0.2) is 0 Å². The quantitative estimate of drug-likeness (QED) is 0.750. The van der Waals surface area contributed by atoms with Crippen LogP contribution in [0, 0.1) is 6.92 Å². The highest BCUT2D eigenvalue weighted by molar-refractivity contribution is 9.10. The zero-order chi connectivity index (χ0) is 13.5. The van der Waals surface area contributed by atoms with E-state index in [-0.39, 0.29) is 0 Å². The van der Waals surface area contributed by atoms with Gasteiger partial charge in [-0.3, -0.25) is 0 Å². The van der Waals surface area contributed by atoms with Crippen molar-refractivity contribution in [3.63, 3.8) is 0 Å². The first-order valence-corrected chi connectivity index (χ1v) is 6.68. The van der Waals surface area contributed by atoms with E-state index in [2.05, 4.69) is 31.1 Å². The zero-order valence-electron chi connectivity index (χ0n) is 11.2. The third-order valence-corrected chi connectivity index (χ3v) is 3.49. The highest BCUT2D eigenvalue weighted by atomic mass is 79.9. The van der Waals surface area contributed by atoms with E-state index in [1.54, 1.807) is 6.20 Å². The molecule has 0 fully saturated rings. The zero-order valence-corrected chi connectivity index (χ0v) is 12.7. The molecule has 0 saturated heterocycles. The average Bonchev–Trinajstić information content (AvgIpc) is 2.33. The van der Waals surface area contributed by atoms with Gasteiger partial charge < -0.3 is 20.7 Å². The van der Waals surface area contributed by atoms with Crippen molar-refractivity contribution in [2.24, 2.45) is 0 Å². The van der Waals surface area contributed by atoms with Gasteiger partial charge in [-0.15, -0.1) is 0 Å². The van der Waals surface area contributed by atoms with Crippen LogP contribution < -0.4 is 11.1 Å². The monoisotopic (exact) mass is 316 g/mol. The second-order valence-corrected chi connectivity index (χ2v) is 5.14. The average molecular weight is 317 g/mol. The molecule has 18 heavy (non-hydrogen) atoms. The molecule has 0 saturated carbocycles. The molecule has 1 rings (SSSR count). The maximum absolute atomic E-state index is 5.76. The smallest absolute Gasteiger partial charge is 0.140 e. The van der Waals surface area contributed by atoms with Crippen molar-refractivity contribution in [1.82, 2.24) is 9.88 Å². The summed E-state index contributed by atoms with van der Waals surface area (Å²) in [4.78, 5) is 6.33. The molecule has 5 nitrogen and oxygen atoms in total. The van der Waals surface area contributed by atoms with Gasteiger partial charge in [0.2, 0.25) is 0 Å². The predicted octanol–water partition coefficient (Wildman–Crippen LogP) is 1.72. The number of ether oxygens (including phenoxy) is 1. The minimum Gasteiger partial charge on any atom is -0.397 e. The lowest BCUT2D eigenvalue weighted by atomic mass is 10.2. The Bertz CT molecular complexity index is 385. The molecule has 0 aliphatic carbocycles. The Morgan fingerprint density at radius 1 is 1.44 bits per heavy atom. The van der Waals surface area contributed by atoms with Gasteiger partial charge in [-0.1, -0.05) is 0 Å². The molecule has 1 heterocycles. The summed E-state index contributed by atoms with van der Waals surface area (Å²) in [5, 5.41) is 3.22. The van der Waals surface area contributed by atoms with Crippen molar-refractivity contribution in [1.29, 1.82) is 0 Å². The van der Waals surface area contributed by atoms with Crippen LogP contribution >= 0.6 is 15.9 Å². The van der Waals surface area contributed by atoms with Crippen molar-refractivity contribution in [2.45, 2.75) is 6.92 Å². The number of hydrogen-bond donors (Lipinski definition) is 2. The van der Waals surface area contributed by atoms with Gasteiger partial charge in [-0.2, -0.15) is 0 Å². The summed E-state index contributed by atoms with van der Waals surface area (Å²) in [6, 6.07) is 0. The molecule has 6 heteroatoms. The third-order valence-electron chi connectivity index (χ3n) is 2.52. The Labute approximate surface area is 117 Å². The number of nitrogens with two attached hydrogens (primary N) is 1. The molecule has 0 spiro atoms. The summed E-state index contributed by atoms with van der Waals surface area (Å²) in [6.07, 6.45) is 1.66. The van der Waals surface area contributed by atoms with Gasteiger partial charge in [-0.25, -0.2) is 4.98 Å². The summed E-state index contributed by atoms with van der Waals surface area (Å²) >= 11 is 3.48. The Morgan fingerprint density at radius 3 is 2.83 bits per heavy atom. The van der Waals surface area contributed by atoms with E-state index in [1.807, 2.05) is 21.0 Å². The second-order valence-electron chi connectivity index (χ2n) is 4.34. The lowest BCUT2D eigenvalue weighted by Crippen LogP contribution is -2.20. The number of aromatic nitrogens is 1. The summed E-state index contributed by atoms with van der Waals surface area (Å²) in [5.74, 6) is 0.804. The second kappa shape index (κ2) is 7.56. The van der Waals surface area contributed by atoms with Crippen molar-refractivity contribution in [3.05, 3.63) is 16.2 Å². The fraction of sp³-hybridized carbons (Fsp3) is 0.583. The fourth-order valence-electron chi connectivity index (χ4n) is 1.31. The van der Waals surface area contributed by atoms with Crippen LogP contribution in [0.5, 0.6) is 0 Å². The van der Waals surface area contributed by atoms with E-state index < -0.39 is 0 Å². The Hall–Kier alpha value is -0.850. The molecule has 0 aromatic carbocycles. The SMILES string of the molecule is Cc1c(N)cnc(NCCOCCN(C)C)c1Br. The molecule has 0 aliphatic rings. The van der Waals surface area contributed by atoms with Gasteiger partial charge in [0.25, 0.3) is 0 Å². The molecule has 0 radical (unpaired) electrons. The molecule has 0 bridgehead atoms. The van der Waals surface area contributed by atoms with Gasteiger partial charge in [-0.05, 0) is 42.5 Å². The number of pyridine rings is 1. The highest BCUT2D eigenvalue weighted by Crippen LogP contribution is 2.27. The van der Waals surface area contributed by atoms with Crippen LogP contribution in [0.1, 0.15) is 5.56 Å². The summed E-state index contributed by atoms with van der Waals surface area (Å²) in [6.45, 7) is 5.01. The Morgan fingerprint density at radius 2 is 2.17 bits per heavy atom. The number of likely N-dealkylation sites (N-methyl/N-ethyl adjacent to an activating group) is 1. The standard InChI is InChI=1S/C12H21BrN4O/c1-9-10(14)8-16-12(11(9)13)15-4-6-18-7-5-17(2)3/h8H,4-7,14H2,1-3H3,(H,15,16). The number of halogens is 1. The molecule has 0 unspecified atom stereocenters. The molecular weight excluding hydrogens is 296 g/mol. The molecule has 102 valence electrons. The summed E-state index contributed by atoms with van der Waals surface area (Å²) in [5.41, 5.74) is 7.45. The van der Waals surface area contributed by atoms with E-state index in [9.17, 15) is 0 Å². The minimum absolute atomic E-state index is 0.658. The van der Waals surface area contributed by atoms with Gasteiger partial charge in [0.05, 0.1) is 29.6 Å². The first-order chi connectivity index (χ1) is 8.52. The van der Waals surface area contributed by atoms with Crippen LogP contribution in [0.2, 0.25) is 0 Å². The first-order valence-electron chi connectivity index (χ1n) is 5.89. The first kappa shape index (κ1) is 15.2. The Balaban J connectivity index is 2.30.